The van der Waals surface area contributed by atoms with Gasteiger partial charge in [-0.15, -0.1) is 0 Å². The molecule has 5 N–H and O–H groups in total. The number of nitrogens with two attached hydrogens (primary N) is 1. The van der Waals surface area contributed by atoms with Gasteiger partial charge >= 0.3 is 5.97 Å². The molecule has 5 rings (SSSR count). The molecular weight excluding hydrogens is 602 g/mol. The number of rotatable bonds is 13. The molecule has 0 heterocycles. The number of hydrogen-bond donors (Lipinski definition) is 4. The van der Waals surface area contributed by atoms with E-state index in [1.807, 2.05) is 72.8 Å². The topological polar surface area (TPSA) is 131 Å². The molecule has 0 spiro atoms. The van der Waals surface area contributed by atoms with Crippen molar-refractivity contribution in [2.24, 2.45) is 5.73 Å². The molecule has 5 aromatic rings. The van der Waals surface area contributed by atoms with Crippen molar-refractivity contribution in [3.63, 3.8) is 0 Å². The zero-order valence-corrected chi connectivity index (χ0v) is 25.7. The number of ether oxygens (including phenoxy) is 1. The second-order valence-electron chi connectivity index (χ2n) is 11.0. The second kappa shape index (κ2) is 15.2. The molecule has 0 saturated heterocycles. The lowest BCUT2D eigenvalue weighted by molar-refractivity contribution is -0.139. The van der Waals surface area contributed by atoms with Crippen LogP contribution in [-0.2, 0) is 29.0 Å². The molecule has 5 aromatic carbocycles. The standard InChI is InChI=1S/C37H34ClN3O5/c38-30-16-11-25(12-17-30)23-46-34-22-29(35(42)41-33(37(44)45)18-13-24-6-2-1-3-7-24)15-19-32(34)40-36(43)31(39)21-26-10-14-27-8-4-5-9-28(27)20-26/h1-12,14-17,19-20,22,31,33H,13,18,21,23,39H2,(H,40,43)(H,41,42)(H,44,45)/t31-,33-/m0/s1. The lowest BCUT2D eigenvalue weighted by atomic mass is 10.0. The van der Waals surface area contributed by atoms with E-state index >= 15 is 0 Å². The van der Waals surface area contributed by atoms with Crippen LogP contribution in [0.1, 0.15) is 33.5 Å². The molecule has 0 unspecified atom stereocenters. The molecular formula is C37H34ClN3O5. The molecule has 0 aliphatic heterocycles. The van der Waals surface area contributed by atoms with Crippen LogP contribution in [0.4, 0.5) is 5.69 Å². The molecule has 0 bridgehead atoms. The summed E-state index contributed by atoms with van der Waals surface area (Å²) in [7, 11) is 0. The van der Waals surface area contributed by atoms with Gasteiger partial charge in [-0.05, 0) is 77.1 Å². The number of hydrogen-bond acceptors (Lipinski definition) is 5. The monoisotopic (exact) mass is 635 g/mol. The van der Waals surface area contributed by atoms with E-state index in [-0.39, 0.29) is 24.3 Å². The van der Waals surface area contributed by atoms with Crippen molar-refractivity contribution in [3.05, 3.63) is 143 Å². The van der Waals surface area contributed by atoms with E-state index in [4.69, 9.17) is 22.1 Å². The van der Waals surface area contributed by atoms with E-state index in [1.54, 1.807) is 30.3 Å². The van der Waals surface area contributed by atoms with E-state index in [0.29, 0.717) is 23.6 Å². The third-order valence-electron chi connectivity index (χ3n) is 7.58. The van der Waals surface area contributed by atoms with Gasteiger partial charge in [0.25, 0.3) is 5.91 Å². The van der Waals surface area contributed by atoms with Crippen LogP contribution in [0.15, 0.2) is 115 Å². The summed E-state index contributed by atoms with van der Waals surface area (Å²) >= 11 is 6.02. The fourth-order valence-electron chi connectivity index (χ4n) is 5.02. The number of amides is 2. The Morgan fingerprint density at radius 2 is 1.48 bits per heavy atom. The highest BCUT2D eigenvalue weighted by Gasteiger charge is 2.22. The van der Waals surface area contributed by atoms with Crippen LogP contribution in [0.3, 0.4) is 0 Å². The fourth-order valence-corrected chi connectivity index (χ4v) is 5.15. The molecule has 2 atom stereocenters. The molecule has 0 radical (unpaired) electrons. The third kappa shape index (κ3) is 8.72. The third-order valence-corrected chi connectivity index (χ3v) is 7.84. The number of carboxylic acid groups (broad SMARTS) is 1. The summed E-state index contributed by atoms with van der Waals surface area (Å²) in [4.78, 5) is 38.4. The van der Waals surface area contributed by atoms with Crippen molar-refractivity contribution in [2.75, 3.05) is 5.32 Å². The number of nitrogens with one attached hydrogen (secondary N) is 2. The van der Waals surface area contributed by atoms with Crippen molar-refractivity contribution < 1.29 is 24.2 Å². The molecule has 0 fully saturated rings. The minimum atomic E-state index is -1.13. The van der Waals surface area contributed by atoms with Crippen LogP contribution < -0.4 is 21.1 Å². The van der Waals surface area contributed by atoms with Crippen LogP contribution in [0.5, 0.6) is 5.75 Å². The number of carboxylic acids is 1. The number of halogens is 1. The van der Waals surface area contributed by atoms with E-state index in [2.05, 4.69) is 10.6 Å². The second-order valence-corrected chi connectivity index (χ2v) is 11.4. The van der Waals surface area contributed by atoms with Crippen molar-refractivity contribution in [3.8, 4) is 5.75 Å². The van der Waals surface area contributed by atoms with Gasteiger partial charge in [0.2, 0.25) is 5.91 Å². The van der Waals surface area contributed by atoms with Gasteiger partial charge in [0.1, 0.15) is 18.4 Å². The Balaban J connectivity index is 1.31. The van der Waals surface area contributed by atoms with E-state index < -0.39 is 29.9 Å². The van der Waals surface area contributed by atoms with Crippen LogP contribution in [0.25, 0.3) is 10.8 Å². The summed E-state index contributed by atoms with van der Waals surface area (Å²) in [6.07, 6.45) is 1.02. The van der Waals surface area contributed by atoms with Crippen LogP contribution in [-0.4, -0.2) is 35.0 Å². The first-order valence-electron chi connectivity index (χ1n) is 14.9. The molecule has 8 nitrogen and oxygen atoms in total. The minimum absolute atomic E-state index is 0.128. The lowest BCUT2D eigenvalue weighted by Crippen LogP contribution is -2.41. The summed E-state index contributed by atoms with van der Waals surface area (Å²) in [6, 6.07) is 33.1. The summed E-state index contributed by atoms with van der Waals surface area (Å²) in [6.45, 7) is 0.128. The quantitative estimate of drug-likeness (QED) is 0.118. The van der Waals surface area contributed by atoms with Gasteiger partial charge in [0, 0.05) is 10.6 Å². The number of aryl methyl sites for hydroxylation is 1. The maximum atomic E-state index is 13.2. The Morgan fingerprint density at radius 1 is 0.783 bits per heavy atom. The van der Waals surface area contributed by atoms with Gasteiger partial charge in [-0.1, -0.05) is 96.5 Å². The van der Waals surface area contributed by atoms with E-state index in [9.17, 15) is 19.5 Å². The van der Waals surface area contributed by atoms with Crippen molar-refractivity contribution in [2.45, 2.75) is 38.0 Å². The summed E-state index contributed by atoms with van der Waals surface area (Å²) in [5.74, 6) is -1.91. The smallest absolute Gasteiger partial charge is 0.326 e. The molecule has 9 heteroatoms. The normalized spacial score (nSPS) is 12.2. The first-order valence-corrected chi connectivity index (χ1v) is 15.3. The first-order chi connectivity index (χ1) is 22.2. The number of benzene rings is 5. The summed E-state index contributed by atoms with van der Waals surface area (Å²) in [5.41, 5.74) is 9.53. The highest BCUT2D eigenvalue weighted by Crippen LogP contribution is 2.28. The molecule has 0 aromatic heterocycles. The molecule has 0 aliphatic carbocycles. The molecule has 0 saturated carbocycles. The van der Waals surface area contributed by atoms with Crippen molar-refractivity contribution >= 4 is 45.8 Å². The summed E-state index contributed by atoms with van der Waals surface area (Å²) < 4.78 is 6.06. The Morgan fingerprint density at radius 3 is 2.22 bits per heavy atom. The SMILES string of the molecule is N[C@@H](Cc1ccc2ccccc2c1)C(=O)Nc1ccc(C(=O)N[C@@H](CCc2ccccc2)C(=O)O)cc1OCc1ccc(Cl)cc1. The van der Waals surface area contributed by atoms with Gasteiger partial charge in [0.05, 0.1) is 11.7 Å². The maximum Gasteiger partial charge on any atom is 0.326 e. The number of anilines is 1. The number of fused-ring (bicyclic) bond motifs is 1. The molecule has 0 aliphatic rings. The van der Waals surface area contributed by atoms with Crippen molar-refractivity contribution in [1.82, 2.24) is 5.32 Å². The van der Waals surface area contributed by atoms with Crippen LogP contribution in [0.2, 0.25) is 5.02 Å². The van der Waals surface area contributed by atoms with Gasteiger partial charge in [-0.3, -0.25) is 9.59 Å². The average molecular weight is 636 g/mol. The van der Waals surface area contributed by atoms with Gasteiger partial charge in [0.15, 0.2) is 0 Å². The van der Waals surface area contributed by atoms with Gasteiger partial charge < -0.3 is 26.2 Å². The first kappa shape index (κ1) is 32.2. The van der Waals surface area contributed by atoms with Gasteiger partial charge in [-0.2, -0.15) is 0 Å². The highest BCUT2D eigenvalue weighted by atomic mass is 35.5. The Bertz CT molecular complexity index is 1830. The number of aliphatic carboxylic acids is 1. The molecule has 234 valence electrons. The summed E-state index contributed by atoms with van der Waals surface area (Å²) in [5, 5.41) is 18.0. The fraction of sp³-hybridized carbons (Fsp3) is 0.162. The van der Waals surface area contributed by atoms with Crippen molar-refractivity contribution in [1.29, 1.82) is 0 Å². The maximum absolute atomic E-state index is 13.2. The predicted molar refractivity (Wildman–Crippen MR) is 180 cm³/mol. The van der Waals surface area contributed by atoms with Gasteiger partial charge in [-0.25, -0.2) is 4.79 Å². The van der Waals surface area contributed by atoms with Crippen LogP contribution >= 0.6 is 11.6 Å². The molecule has 2 amide bonds. The Labute approximate surface area is 272 Å². The van der Waals surface area contributed by atoms with E-state index in [1.165, 1.54) is 12.1 Å². The number of carbonyl (C=O) groups is 3. The zero-order valence-electron chi connectivity index (χ0n) is 25.0. The predicted octanol–water partition coefficient (Wildman–Crippen LogP) is 6.40. The average Bonchev–Trinajstić information content (AvgIpc) is 3.07. The Kier molecular flexibility index (Phi) is 10.7. The largest absolute Gasteiger partial charge is 0.487 e. The minimum Gasteiger partial charge on any atom is -0.487 e. The highest BCUT2D eigenvalue weighted by molar-refractivity contribution is 6.30. The Hall–Kier alpha value is -5.18. The molecule has 46 heavy (non-hydrogen) atoms. The van der Waals surface area contributed by atoms with E-state index in [0.717, 1.165) is 27.5 Å². The zero-order chi connectivity index (χ0) is 32.5. The van der Waals surface area contributed by atoms with Crippen LogP contribution in [0, 0.1) is 0 Å². The number of carbonyl (C=O) groups excluding carboxylic acids is 2. The lowest BCUT2D eigenvalue weighted by Gasteiger charge is -2.18.